The van der Waals surface area contributed by atoms with E-state index in [1.165, 1.54) is 4.31 Å². The van der Waals surface area contributed by atoms with E-state index in [-0.39, 0.29) is 35.0 Å². The van der Waals surface area contributed by atoms with Crippen LogP contribution in [0.5, 0.6) is 0 Å². The molecule has 0 aromatic heterocycles. The van der Waals surface area contributed by atoms with Crippen molar-refractivity contribution in [1.29, 1.82) is 0 Å². The summed E-state index contributed by atoms with van der Waals surface area (Å²) in [7, 11) is -3.51. The highest BCUT2D eigenvalue weighted by atomic mass is 32.2. The van der Waals surface area contributed by atoms with Gasteiger partial charge in [0.25, 0.3) is 0 Å². The topological polar surface area (TPSA) is 88.2 Å². The quantitative estimate of drug-likeness (QED) is 0.673. The summed E-state index contributed by atoms with van der Waals surface area (Å²) < 4.78 is 38.0. The summed E-state index contributed by atoms with van der Waals surface area (Å²) in [5.74, 6) is 0.153. The summed E-state index contributed by atoms with van der Waals surface area (Å²) in [5.41, 5.74) is 0.862. The molecule has 174 valence electrons. The highest BCUT2D eigenvalue weighted by molar-refractivity contribution is 7.89. The molecule has 2 aliphatic rings. The van der Waals surface area contributed by atoms with Crippen LogP contribution in [-0.2, 0) is 30.8 Å². The monoisotopic (exact) mass is 453 g/mol. The maximum atomic E-state index is 13.0. The second-order valence-corrected chi connectivity index (χ2v) is 10.7. The molecule has 31 heavy (non-hydrogen) atoms. The Labute approximate surface area is 185 Å². The van der Waals surface area contributed by atoms with E-state index in [2.05, 4.69) is 24.1 Å². The summed E-state index contributed by atoms with van der Waals surface area (Å²) in [6, 6.07) is 6.51. The largest absolute Gasteiger partial charge is 0.379 e. The molecular formula is C22H35N3O5S. The molecule has 0 radical (unpaired) electrons. The minimum Gasteiger partial charge on any atom is -0.379 e. The van der Waals surface area contributed by atoms with Crippen molar-refractivity contribution in [3.8, 4) is 0 Å². The lowest BCUT2D eigenvalue weighted by Crippen LogP contribution is -2.56. The molecule has 1 N–H and O–H groups in total. The average Bonchev–Trinajstić information content (AvgIpc) is 2.72. The van der Waals surface area contributed by atoms with Crippen LogP contribution in [0.1, 0.15) is 33.3 Å². The molecule has 0 saturated carbocycles. The first kappa shape index (κ1) is 24.1. The third kappa shape index (κ3) is 6.04. The number of rotatable bonds is 7. The number of carbonyl (C=O) groups excluding carboxylic acids is 1. The fourth-order valence-corrected chi connectivity index (χ4v) is 5.75. The molecule has 9 heteroatoms. The molecule has 2 saturated heterocycles. The van der Waals surface area contributed by atoms with Gasteiger partial charge in [0.1, 0.15) is 0 Å². The Balaban J connectivity index is 1.61. The van der Waals surface area contributed by atoms with Gasteiger partial charge in [-0.3, -0.25) is 9.69 Å². The van der Waals surface area contributed by atoms with Gasteiger partial charge >= 0.3 is 0 Å². The predicted octanol–water partition coefficient (Wildman–Crippen LogP) is 1.46. The number of hydrogen-bond donors (Lipinski definition) is 1. The molecule has 1 aromatic rings. The van der Waals surface area contributed by atoms with Crippen molar-refractivity contribution in [3.63, 3.8) is 0 Å². The lowest BCUT2D eigenvalue weighted by Gasteiger charge is -2.41. The second kappa shape index (κ2) is 10.4. The first-order valence-electron chi connectivity index (χ1n) is 11.0. The van der Waals surface area contributed by atoms with Gasteiger partial charge in [0.05, 0.1) is 36.4 Å². The van der Waals surface area contributed by atoms with Crippen LogP contribution in [0, 0.1) is 5.92 Å². The van der Waals surface area contributed by atoms with Gasteiger partial charge in [-0.15, -0.1) is 0 Å². The molecular weight excluding hydrogens is 418 g/mol. The Morgan fingerprint density at radius 1 is 1.10 bits per heavy atom. The highest BCUT2D eigenvalue weighted by Crippen LogP contribution is 2.20. The zero-order valence-corrected chi connectivity index (χ0v) is 19.7. The third-order valence-corrected chi connectivity index (χ3v) is 7.65. The molecule has 2 heterocycles. The fourth-order valence-electron chi connectivity index (χ4n) is 4.34. The van der Waals surface area contributed by atoms with Gasteiger partial charge in [-0.05, 0) is 37.5 Å². The minimum absolute atomic E-state index is 0.0127. The number of hydrogen-bond acceptors (Lipinski definition) is 6. The Morgan fingerprint density at radius 3 is 2.23 bits per heavy atom. The Hall–Kier alpha value is -1.52. The number of nitrogens with zero attached hydrogens (tertiary/aromatic N) is 2. The van der Waals surface area contributed by atoms with Crippen molar-refractivity contribution in [2.45, 2.75) is 57.4 Å². The number of sulfonamides is 1. The summed E-state index contributed by atoms with van der Waals surface area (Å²) >= 11 is 0. The van der Waals surface area contributed by atoms with Crippen LogP contribution < -0.4 is 5.32 Å². The third-order valence-electron chi connectivity index (χ3n) is 5.74. The number of benzene rings is 1. The predicted molar refractivity (Wildman–Crippen MR) is 118 cm³/mol. The lowest BCUT2D eigenvalue weighted by atomic mass is 9.99. The van der Waals surface area contributed by atoms with Crippen molar-refractivity contribution in [1.82, 2.24) is 14.5 Å². The van der Waals surface area contributed by atoms with Gasteiger partial charge in [0.2, 0.25) is 15.9 Å². The van der Waals surface area contributed by atoms with E-state index < -0.39 is 10.0 Å². The lowest BCUT2D eigenvalue weighted by molar-refractivity contribution is -0.135. The number of amides is 1. The van der Waals surface area contributed by atoms with Crippen LogP contribution in [0.4, 0.5) is 0 Å². The number of nitrogens with one attached hydrogen (secondary N) is 1. The molecule has 1 aromatic carbocycles. The Morgan fingerprint density at radius 2 is 1.68 bits per heavy atom. The molecule has 2 aliphatic heterocycles. The molecule has 3 unspecified atom stereocenters. The van der Waals surface area contributed by atoms with Crippen LogP contribution in [-0.4, -0.2) is 81.2 Å². The number of ether oxygens (including phenoxy) is 2. The molecule has 0 bridgehead atoms. The van der Waals surface area contributed by atoms with Gasteiger partial charge in [0.15, 0.2) is 0 Å². The number of carbonyl (C=O) groups is 1. The van der Waals surface area contributed by atoms with Gasteiger partial charge in [0, 0.05) is 32.7 Å². The van der Waals surface area contributed by atoms with E-state index in [1.807, 2.05) is 13.8 Å². The van der Waals surface area contributed by atoms with Crippen molar-refractivity contribution >= 4 is 15.9 Å². The van der Waals surface area contributed by atoms with Crippen molar-refractivity contribution in [3.05, 3.63) is 29.8 Å². The van der Waals surface area contributed by atoms with Crippen molar-refractivity contribution < 1.29 is 22.7 Å². The van der Waals surface area contributed by atoms with E-state index in [9.17, 15) is 13.2 Å². The first-order chi connectivity index (χ1) is 14.7. The minimum atomic E-state index is -3.51. The Kier molecular flexibility index (Phi) is 8.09. The maximum Gasteiger partial charge on any atom is 0.243 e. The summed E-state index contributed by atoms with van der Waals surface area (Å²) in [6.45, 7) is 11.6. The number of morpholine rings is 2. The van der Waals surface area contributed by atoms with E-state index >= 15 is 0 Å². The summed E-state index contributed by atoms with van der Waals surface area (Å²) in [4.78, 5) is 15.5. The van der Waals surface area contributed by atoms with E-state index in [1.54, 1.807) is 24.3 Å². The van der Waals surface area contributed by atoms with Gasteiger partial charge in [-0.2, -0.15) is 4.31 Å². The molecule has 2 fully saturated rings. The Bertz CT molecular complexity index is 827. The normalized spacial score (nSPS) is 24.8. The van der Waals surface area contributed by atoms with E-state index in [0.717, 1.165) is 18.7 Å². The standard InChI is InChI=1S/C22H35N3O5S/c1-16(2)21(24-14-17(3)30-18(4)15-24)22(26)23-13-19-5-7-20(8-6-19)31(27,28)25-9-11-29-12-10-25/h5-8,16-18,21H,9-15H2,1-4H3,(H,23,26). The molecule has 8 nitrogen and oxygen atoms in total. The van der Waals surface area contributed by atoms with Crippen LogP contribution in [0.15, 0.2) is 29.2 Å². The van der Waals surface area contributed by atoms with E-state index in [4.69, 9.17) is 9.47 Å². The van der Waals surface area contributed by atoms with Crippen LogP contribution in [0.25, 0.3) is 0 Å². The fraction of sp³-hybridized carbons (Fsp3) is 0.682. The van der Waals surface area contributed by atoms with Gasteiger partial charge in [-0.25, -0.2) is 8.42 Å². The smallest absolute Gasteiger partial charge is 0.243 e. The second-order valence-electron chi connectivity index (χ2n) is 8.78. The summed E-state index contributed by atoms with van der Waals surface area (Å²) in [5, 5.41) is 3.03. The summed E-state index contributed by atoms with van der Waals surface area (Å²) in [6.07, 6.45) is 0.192. The SMILES string of the molecule is CC1CN(C(C(=O)NCc2ccc(S(=O)(=O)N3CCOCC3)cc2)C(C)C)CC(C)O1. The van der Waals surface area contributed by atoms with E-state index in [0.29, 0.717) is 32.8 Å². The average molecular weight is 454 g/mol. The molecule has 0 spiro atoms. The molecule has 3 rings (SSSR count). The highest BCUT2D eigenvalue weighted by Gasteiger charge is 2.34. The van der Waals surface area contributed by atoms with Crippen LogP contribution in [0.2, 0.25) is 0 Å². The van der Waals surface area contributed by atoms with Crippen LogP contribution in [0.3, 0.4) is 0 Å². The maximum absolute atomic E-state index is 13.0. The molecule has 1 amide bonds. The zero-order chi connectivity index (χ0) is 22.6. The molecule has 0 aliphatic carbocycles. The van der Waals surface area contributed by atoms with Crippen LogP contribution >= 0.6 is 0 Å². The molecule has 3 atom stereocenters. The zero-order valence-electron chi connectivity index (χ0n) is 18.9. The van der Waals surface area contributed by atoms with Crippen molar-refractivity contribution in [2.24, 2.45) is 5.92 Å². The van der Waals surface area contributed by atoms with Gasteiger partial charge in [-0.1, -0.05) is 26.0 Å². The first-order valence-corrected chi connectivity index (χ1v) is 12.5. The van der Waals surface area contributed by atoms with Crippen molar-refractivity contribution in [2.75, 3.05) is 39.4 Å². The van der Waals surface area contributed by atoms with Gasteiger partial charge < -0.3 is 14.8 Å².